The number of anilines is 1. The van der Waals surface area contributed by atoms with Gasteiger partial charge in [-0.15, -0.1) is 0 Å². The Morgan fingerprint density at radius 3 is 2.62 bits per heavy atom. The van der Waals surface area contributed by atoms with Crippen LogP contribution in [0.25, 0.3) is 0 Å². The van der Waals surface area contributed by atoms with Crippen molar-refractivity contribution in [2.75, 3.05) is 17.3 Å². The third-order valence-corrected chi connectivity index (χ3v) is 3.75. The van der Waals surface area contributed by atoms with Crippen molar-refractivity contribution >= 4 is 27.1 Å². The van der Waals surface area contributed by atoms with Gasteiger partial charge in [0.2, 0.25) is 0 Å². The second-order valence-electron chi connectivity index (χ2n) is 4.07. The Kier molecular flexibility index (Phi) is 4.21. The van der Waals surface area contributed by atoms with Gasteiger partial charge in [0.1, 0.15) is 9.84 Å². The van der Waals surface area contributed by atoms with Gasteiger partial charge in [-0.25, -0.2) is 8.42 Å². The Morgan fingerprint density at radius 1 is 1.44 bits per heavy atom. The van der Waals surface area contributed by atoms with E-state index in [4.69, 9.17) is 11.6 Å². The van der Waals surface area contributed by atoms with Crippen LogP contribution >= 0.6 is 11.6 Å². The zero-order valence-corrected chi connectivity index (χ0v) is 11.2. The van der Waals surface area contributed by atoms with E-state index < -0.39 is 9.84 Å². The highest BCUT2D eigenvalue weighted by molar-refractivity contribution is 7.90. The maximum absolute atomic E-state index is 11.1. The van der Waals surface area contributed by atoms with E-state index >= 15 is 0 Å². The van der Waals surface area contributed by atoms with Crippen molar-refractivity contribution in [2.24, 2.45) is 0 Å². The monoisotopic (exact) mass is 261 g/mol. The largest absolute Gasteiger partial charge is 0.380 e. The summed E-state index contributed by atoms with van der Waals surface area (Å²) < 4.78 is 22.2. The van der Waals surface area contributed by atoms with Crippen LogP contribution in [0.1, 0.15) is 12.5 Å². The first-order valence-electron chi connectivity index (χ1n) is 4.99. The van der Waals surface area contributed by atoms with E-state index in [1.807, 2.05) is 32.0 Å². The van der Waals surface area contributed by atoms with Gasteiger partial charge in [0.05, 0.1) is 16.5 Å². The summed E-state index contributed by atoms with van der Waals surface area (Å²) in [5, 5.41) is 3.74. The molecule has 90 valence electrons. The molecule has 1 rings (SSSR count). The molecule has 0 fully saturated rings. The second kappa shape index (κ2) is 5.06. The van der Waals surface area contributed by atoms with Crippen molar-refractivity contribution in [3.8, 4) is 0 Å². The molecule has 3 nitrogen and oxygen atoms in total. The quantitative estimate of drug-likeness (QED) is 0.906. The molecule has 0 aliphatic heterocycles. The molecule has 0 heterocycles. The fourth-order valence-corrected chi connectivity index (χ4v) is 2.69. The number of sulfone groups is 1. The van der Waals surface area contributed by atoms with Gasteiger partial charge in [0.25, 0.3) is 0 Å². The molecular formula is C11H16ClNO2S. The first kappa shape index (κ1) is 13.3. The number of aryl methyl sites for hydroxylation is 1. The van der Waals surface area contributed by atoms with Crippen LogP contribution in [0.3, 0.4) is 0 Å². The highest BCUT2D eigenvalue weighted by atomic mass is 35.5. The molecular weight excluding hydrogens is 246 g/mol. The Hall–Kier alpha value is -0.740. The van der Waals surface area contributed by atoms with Crippen molar-refractivity contribution in [1.29, 1.82) is 0 Å². The first-order chi connectivity index (χ1) is 7.29. The molecule has 0 bridgehead atoms. The van der Waals surface area contributed by atoms with E-state index in [1.165, 1.54) is 6.26 Å². The average Bonchev–Trinajstić information content (AvgIpc) is 2.09. The van der Waals surface area contributed by atoms with Crippen LogP contribution in [0.2, 0.25) is 5.02 Å². The van der Waals surface area contributed by atoms with Crippen molar-refractivity contribution in [3.05, 3.63) is 28.8 Å². The van der Waals surface area contributed by atoms with E-state index in [9.17, 15) is 8.42 Å². The molecule has 1 aromatic carbocycles. The molecule has 0 saturated heterocycles. The minimum absolute atomic E-state index is 0.0945. The number of nitrogens with one attached hydrogen (secondary N) is 1. The van der Waals surface area contributed by atoms with Gasteiger partial charge in [-0.1, -0.05) is 23.7 Å². The SMILES string of the molecule is Cc1cccc(NC(C)CS(C)(=O)=O)c1Cl. The summed E-state index contributed by atoms with van der Waals surface area (Å²) in [5.74, 6) is 0.0945. The molecule has 0 aromatic heterocycles. The number of halogens is 1. The minimum Gasteiger partial charge on any atom is -0.380 e. The number of benzene rings is 1. The van der Waals surface area contributed by atoms with Gasteiger partial charge in [0.15, 0.2) is 0 Å². The lowest BCUT2D eigenvalue weighted by Gasteiger charge is -2.16. The van der Waals surface area contributed by atoms with E-state index in [0.717, 1.165) is 11.3 Å². The first-order valence-corrected chi connectivity index (χ1v) is 7.43. The average molecular weight is 262 g/mol. The number of hydrogen-bond acceptors (Lipinski definition) is 3. The summed E-state index contributed by atoms with van der Waals surface area (Å²) in [6.07, 6.45) is 1.23. The normalized spacial score (nSPS) is 13.5. The lowest BCUT2D eigenvalue weighted by atomic mass is 10.2. The summed E-state index contributed by atoms with van der Waals surface area (Å²) >= 11 is 6.10. The summed E-state index contributed by atoms with van der Waals surface area (Å²) in [6.45, 7) is 3.73. The molecule has 1 unspecified atom stereocenters. The van der Waals surface area contributed by atoms with Crippen molar-refractivity contribution in [3.63, 3.8) is 0 Å². The van der Waals surface area contributed by atoms with Gasteiger partial charge in [-0.2, -0.15) is 0 Å². The van der Waals surface area contributed by atoms with Crippen LogP contribution in [0.15, 0.2) is 18.2 Å². The van der Waals surface area contributed by atoms with Gasteiger partial charge in [0, 0.05) is 12.3 Å². The van der Waals surface area contributed by atoms with Crippen LogP contribution in [-0.4, -0.2) is 26.5 Å². The van der Waals surface area contributed by atoms with E-state index in [2.05, 4.69) is 5.32 Å². The predicted octanol–water partition coefficient (Wildman–Crippen LogP) is 2.49. The highest BCUT2D eigenvalue weighted by Gasteiger charge is 2.12. The van der Waals surface area contributed by atoms with Gasteiger partial charge in [-0.05, 0) is 25.5 Å². The predicted molar refractivity (Wildman–Crippen MR) is 69.0 cm³/mol. The zero-order chi connectivity index (χ0) is 12.3. The van der Waals surface area contributed by atoms with Crippen molar-refractivity contribution < 1.29 is 8.42 Å². The molecule has 0 saturated carbocycles. The van der Waals surface area contributed by atoms with E-state index in [-0.39, 0.29) is 11.8 Å². The van der Waals surface area contributed by atoms with Gasteiger partial charge < -0.3 is 5.32 Å². The Balaban J connectivity index is 2.77. The molecule has 0 radical (unpaired) electrons. The van der Waals surface area contributed by atoms with Crippen molar-refractivity contribution in [1.82, 2.24) is 0 Å². The summed E-state index contributed by atoms with van der Waals surface area (Å²) in [5.41, 5.74) is 1.75. The Morgan fingerprint density at radius 2 is 2.06 bits per heavy atom. The Bertz CT molecular complexity index is 471. The minimum atomic E-state index is -2.97. The third-order valence-electron chi connectivity index (χ3n) is 2.15. The van der Waals surface area contributed by atoms with Crippen LogP contribution < -0.4 is 5.32 Å². The second-order valence-corrected chi connectivity index (χ2v) is 6.64. The zero-order valence-electron chi connectivity index (χ0n) is 9.62. The number of rotatable bonds is 4. The molecule has 1 atom stereocenters. The molecule has 0 aliphatic carbocycles. The fourth-order valence-electron chi connectivity index (χ4n) is 1.52. The summed E-state index contributed by atoms with van der Waals surface area (Å²) in [7, 11) is -2.97. The van der Waals surface area contributed by atoms with Crippen LogP contribution in [-0.2, 0) is 9.84 Å². The molecule has 0 aliphatic rings. The van der Waals surface area contributed by atoms with Crippen molar-refractivity contribution in [2.45, 2.75) is 19.9 Å². The van der Waals surface area contributed by atoms with Crippen LogP contribution in [0.5, 0.6) is 0 Å². The molecule has 1 aromatic rings. The molecule has 5 heteroatoms. The van der Waals surface area contributed by atoms with Gasteiger partial charge in [-0.3, -0.25) is 0 Å². The third kappa shape index (κ3) is 4.02. The van der Waals surface area contributed by atoms with E-state index in [1.54, 1.807) is 0 Å². The molecule has 1 N–H and O–H groups in total. The topological polar surface area (TPSA) is 46.2 Å². The van der Waals surface area contributed by atoms with Crippen LogP contribution in [0.4, 0.5) is 5.69 Å². The maximum atomic E-state index is 11.1. The number of hydrogen-bond donors (Lipinski definition) is 1. The smallest absolute Gasteiger partial charge is 0.149 e. The molecule has 0 amide bonds. The van der Waals surface area contributed by atoms with E-state index in [0.29, 0.717) is 5.02 Å². The lowest BCUT2D eigenvalue weighted by molar-refractivity contribution is 0.598. The molecule has 0 spiro atoms. The molecule has 16 heavy (non-hydrogen) atoms. The highest BCUT2D eigenvalue weighted by Crippen LogP contribution is 2.25. The fraction of sp³-hybridized carbons (Fsp3) is 0.455. The standard InChI is InChI=1S/C11H16ClNO2S/c1-8-5-4-6-10(11(8)12)13-9(2)7-16(3,14)15/h4-6,9,13H,7H2,1-3H3. The lowest BCUT2D eigenvalue weighted by Crippen LogP contribution is -2.25. The maximum Gasteiger partial charge on any atom is 0.149 e. The van der Waals surface area contributed by atoms with Gasteiger partial charge >= 0.3 is 0 Å². The Labute approximate surface area is 102 Å². The van der Waals surface area contributed by atoms with Crippen LogP contribution in [0, 0.1) is 6.92 Å². The summed E-state index contributed by atoms with van der Waals surface area (Å²) in [4.78, 5) is 0. The summed E-state index contributed by atoms with van der Waals surface area (Å²) in [6, 6.07) is 5.48.